The molecular weight excluding hydrogens is 637 g/mol. The maximum Gasteiger partial charge on any atom is 0.416 e. The summed E-state index contributed by atoms with van der Waals surface area (Å²) in [4.78, 5) is 29.0. The highest BCUT2D eigenvalue weighted by Crippen LogP contribution is 2.55. The van der Waals surface area contributed by atoms with Gasteiger partial charge in [-0.05, 0) is 115 Å². The summed E-state index contributed by atoms with van der Waals surface area (Å²) in [5.41, 5.74) is 3.41. The van der Waals surface area contributed by atoms with Gasteiger partial charge in [-0.1, -0.05) is 72.9 Å². The van der Waals surface area contributed by atoms with Crippen molar-refractivity contribution in [1.29, 1.82) is 0 Å². The molecule has 4 atom stereocenters. The van der Waals surface area contributed by atoms with Crippen LogP contribution in [0, 0.1) is 16.7 Å². The number of benzene rings is 2. The third kappa shape index (κ3) is 7.34. The number of nitrogens with zero attached hydrogens (tertiary/aromatic N) is 1. The molecule has 3 aliphatic rings. The number of carbonyl (C=O) groups excluding carboxylic acids is 2. The van der Waals surface area contributed by atoms with Crippen LogP contribution in [0.2, 0.25) is 10.0 Å². The van der Waals surface area contributed by atoms with E-state index in [1.165, 1.54) is 10.5 Å². The summed E-state index contributed by atoms with van der Waals surface area (Å²) >= 11 is 14.9. The van der Waals surface area contributed by atoms with Crippen molar-refractivity contribution in [2.75, 3.05) is 32.8 Å². The van der Waals surface area contributed by atoms with Crippen LogP contribution in [-0.4, -0.2) is 55.7 Å². The first kappa shape index (κ1) is 33.5. The largest absolute Gasteiger partial charge is 0.447 e. The van der Waals surface area contributed by atoms with Gasteiger partial charge in [0.25, 0.3) is 0 Å². The van der Waals surface area contributed by atoms with E-state index in [0.29, 0.717) is 22.4 Å². The number of rotatable bonds is 12. The smallest absolute Gasteiger partial charge is 0.416 e. The summed E-state index contributed by atoms with van der Waals surface area (Å²) in [6.45, 7) is 6.01. The highest BCUT2D eigenvalue weighted by atomic mass is 35.5. The van der Waals surface area contributed by atoms with Crippen molar-refractivity contribution in [3.63, 3.8) is 0 Å². The van der Waals surface area contributed by atoms with Crippen molar-refractivity contribution in [3.05, 3.63) is 92.1 Å². The molecule has 2 amide bonds. The number of nitrogens with one attached hydrogen (secondary N) is 2. The predicted octanol–water partition coefficient (Wildman–Crippen LogP) is 8.13. The van der Waals surface area contributed by atoms with Crippen LogP contribution in [-0.2, 0) is 22.4 Å². The Hall–Kier alpha value is -2.42. The summed E-state index contributed by atoms with van der Waals surface area (Å²) in [6.07, 6.45) is 6.27. The number of thiophene rings is 1. The molecule has 0 bridgehead atoms. The van der Waals surface area contributed by atoms with Crippen molar-refractivity contribution in [1.82, 2.24) is 15.5 Å². The molecule has 6 nitrogen and oxygen atoms in total. The van der Waals surface area contributed by atoms with E-state index >= 15 is 0 Å². The summed E-state index contributed by atoms with van der Waals surface area (Å²) in [5, 5.41) is 13.2. The Morgan fingerprint density at radius 2 is 1.91 bits per heavy atom. The highest BCUT2D eigenvalue weighted by Gasteiger charge is 2.51. The molecule has 3 saturated heterocycles. The highest BCUT2D eigenvalue weighted by molar-refractivity contribution is 7.08. The summed E-state index contributed by atoms with van der Waals surface area (Å²) in [7, 11) is 0. The first-order chi connectivity index (χ1) is 22.3. The van der Waals surface area contributed by atoms with Crippen molar-refractivity contribution >= 4 is 46.5 Å². The van der Waals surface area contributed by atoms with Crippen LogP contribution in [0.5, 0.6) is 0 Å². The number of carbonyl (C=O) groups is 2. The van der Waals surface area contributed by atoms with Gasteiger partial charge in [-0.25, -0.2) is 9.69 Å². The zero-order chi connectivity index (χ0) is 32.1. The molecule has 0 aliphatic carbocycles. The molecule has 1 aromatic heterocycles. The molecule has 0 spiro atoms. The standard InChI is InChI=1S/C37H45Cl2N3O3S/c1-2-6-28(34(43)42-31(22-45-35(42)44)17-26-7-4-3-5-8-26)19-36(12-14-40-15-13-36)24-37(20-27-9-10-30(38)18-33(27)39)25-41-21-32(37)29-11-16-46-23-29/h3-5,7-11,16,18,23,28,31-32,40-41H,2,6,12-15,17,19-22,24-25H2,1H3/t28-,31+,32?,37+/m1/s1. The molecule has 6 rings (SSSR count). The van der Waals surface area contributed by atoms with Crippen LogP contribution in [0.1, 0.15) is 68.1 Å². The topological polar surface area (TPSA) is 70.7 Å². The molecule has 3 aliphatic heterocycles. The third-order valence-corrected chi connectivity index (χ3v) is 11.9. The minimum Gasteiger partial charge on any atom is -0.447 e. The number of cyclic esters (lactones) is 1. The molecule has 3 fully saturated rings. The monoisotopic (exact) mass is 681 g/mol. The van der Waals surface area contributed by atoms with Crippen LogP contribution in [0.15, 0.2) is 65.4 Å². The SMILES string of the molecule is CCC[C@H](CC1(C[C@@]2(Cc3ccc(Cl)cc3Cl)CNCC2c2ccsc2)CCNCC1)C(=O)N1C(=O)OC[C@@H]1Cc1ccccc1. The zero-order valence-corrected chi connectivity index (χ0v) is 28.9. The molecule has 46 heavy (non-hydrogen) atoms. The fraction of sp³-hybridized carbons (Fsp3) is 0.514. The van der Waals surface area contributed by atoms with Crippen LogP contribution in [0.25, 0.3) is 0 Å². The fourth-order valence-electron chi connectivity index (χ4n) is 8.53. The minimum absolute atomic E-state index is 0.0709. The van der Waals surface area contributed by atoms with E-state index in [-0.39, 0.29) is 35.3 Å². The van der Waals surface area contributed by atoms with Crippen molar-refractivity contribution in [2.24, 2.45) is 16.7 Å². The Bertz CT molecular complexity index is 1480. The fourth-order valence-corrected chi connectivity index (χ4v) is 9.72. The number of hydrogen-bond acceptors (Lipinski definition) is 6. The summed E-state index contributed by atoms with van der Waals surface area (Å²) in [6, 6.07) is 17.9. The molecule has 9 heteroatoms. The van der Waals surface area contributed by atoms with Gasteiger partial charge in [0.05, 0.1) is 6.04 Å². The lowest BCUT2D eigenvalue weighted by Crippen LogP contribution is -2.48. The van der Waals surface area contributed by atoms with E-state index in [1.807, 2.05) is 42.5 Å². The van der Waals surface area contributed by atoms with Crippen molar-refractivity contribution < 1.29 is 14.3 Å². The van der Waals surface area contributed by atoms with Crippen LogP contribution < -0.4 is 10.6 Å². The molecular formula is C37H45Cl2N3O3S. The lowest BCUT2D eigenvalue weighted by molar-refractivity contribution is -0.135. The number of piperidine rings is 1. The first-order valence-corrected chi connectivity index (χ1v) is 18.4. The Morgan fingerprint density at radius 3 is 2.63 bits per heavy atom. The number of amides is 2. The number of ether oxygens (including phenoxy) is 1. The number of halogens is 2. The zero-order valence-electron chi connectivity index (χ0n) is 26.6. The van der Waals surface area contributed by atoms with Gasteiger partial charge >= 0.3 is 6.09 Å². The average molecular weight is 683 g/mol. The van der Waals surface area contributed by atoms with Gasteiger partial charge in [-0.15, -0.1) is 0 Å². The Morgan fingerprint density at radius 1 is 1.11 bits per heavy atom. The average Bonchev–Trinajstić information content (AvgIpc) is 3.80. The van der Waals surface area contributed by atoms with Gasteiger partial charge in [-0.2, -0.15) is 11.3 Å². The van der Waals surface area contributed by atoms with E-state index in [2.05, 4.69) is 40.5 Å². The van der Waals surface area contributed by atoms with E-state index in [4.69, 9.17) is 27.9 Å². The van der Waals surface area contributed by atoms with Crippen LogP contribution in [0.4, 0.5) is 4.79 Å². The van der Waals surface area contributed by atoms with Crippen molar-refractivity contribution in [2.45, 2.75) is 70.3 Å². The molecule has 246 valence electrons. The number of hydrogen-bond donors (Lipinski definition) is 2. The van der Waals surface area contributed by atoms with Gasteiger partial charge in [-0.3, -0.25) is 4.79 Å². The molecule has 3 aromatic rings. The molecule has 0 radical (unpaired) electrons. The Kier molecular flexibility index (Phi) is 10.8. The minimum atomic E-state index is -0.502. The van der Waals surface area contributed by atoms with E-state index in [1.54, 1.807) is 11.3 Å². The second-order valence-electron chi connectivity index (χ2n) is 13.8. The van der Waals surface area contributed by atoms with Gasteiger partial charge < -0.3 is 15.4 Å². The van der Waals surface area contributed by atoms with Gasteiger partial charge in [0, 0.05) is 35.0 Å². The van der Waals surface area contributed by atoms with Gasteiger partial charge in [0.1, 0.15) is 6.61 Å². The molecule has 1 unspecified atom stereocenters. The normalized spacial score (nSPS) is 25.0. The van der Waals surface area contributed by atoms with E-state index < -0.39 is 6.09 Å². The van der Waals surface area contributed by atoms with E-state index in [9.17, 15) is 9.59 Å². The maximum atomic E-state index is 14.5. The van der Waals surface area contributed by atoms with Crippen LogP contribution >= 0.6 is 34.5 Å². The van der Waals surface area contributed by atoms with E-state index in [0.717, 1.165) is 82.3 Å². The molecule has 4 heterocycles. The molecule has 2 N–H and O–H groups in total. The summed E-state index contributed by atoms with van der Waals surface area (Å²) < 4.78 is 5.51. The predicted molar refractivity (Wildman–Crippen MR) is 187 cm³/mol. The maximum absolute atomic E-state index is 14.5. The van der Waals surface area contributed by atoms with Crippen molar-refractivity contribution in [3.8, 4) is 0 Å². The number of imide groups is 1. The van der Waals surface area contributed by atoms with Crippen LogP contribution in [0.3, 0.4) is 0 Å². The molecule has 2 aromatic carbocycles. The quantitative estimate of drug-likeness (QED) is 0.202. The summed E-state index contributed by atoms with van der Waals surface area (Å²) in [5.74, 6) is -0.00420. The second kappa shape index (κ2) is 14.8. The lowest BCUT2D eigenvalue weighted by Gasteiger charge is -2.48. The Balaban J connectivity index is 1.32. The third-order valence-electron chi connectivity index (χ3n) is 10.6. The Labute approximate surface area is 287 Å². The van der Waals surface area contributed by atoms with Gasteiger partial charge in [0.15, 0.2) is 0 Å². The molecule has 0 saturated carbocycles. The van der Waals surface area contributed by atoms with Gasteiger partial charge in [0.2, 0.25) is 5.91 Å². The first-order valence-electron chi connectivity index (χ1n) is 16.7. The second-order valence-corrected chi connectivity index (χ2v) is 15.4. The lowest BCUT2D eigenvalue weighted by atomic mass is 9.58.